The number of nitrogens with one attached hydrogen (secondary N) is 1. The van der Waals surface area contributed by atoms with Gasteiger partial charge in [-0.25, -0.2) is 4.79 Å². The number of aromatic amines is 1. The molecule has 0 spiro atoms. The van der Waals surface area contributed by atoms with Crippen LogP contribution in [0.4, 0.5) is 0 Å². The summed E-state index contributed by atoms with van der Waals surface area (Å²) in [5, 5.41) is 0.412. The van der Waals surface area contributed by atoms with Crippen LogP contribution in [0.3, 0.4) is 0 Å². The molecule has 1 heterocycles. The third-order valence-electron chi connectivity index (χ3n) is 4.04. The number of carbonyl (C=O) groups is 1. The Morgan fingerprint density at radius 2 is 1.96 bits per heavy atom. The van der Waals surface area contributed by atoms with E-state index in [1.165, 1.54) is 13.3 Å². The summed E-state index contributed by atoms with van der Waals surface area (Å²) in [4.78, 5) is 27.6. The summed E-state index contributed by atoms with van der Waals surface area (Å²) in [6.45, 7) is 1.92. The average molecular weight is 317 g/mol. The number of fused-ring (bicyclic) bond motifs is 1. The quantitative estimate of drug-likeness (QED) is 0.858. The Kier molecular flexibility index (Phi) is 3.98. The second-order valence-electron chi connectivity index (χ2n) is 5.48. The molecule has 3 rings (SSSR count). The Balaban J connectivity index is 2.28. The first kappa shape index (κ1) is 15.4. The highest BCUT2D eigenvalue weighted by atomic mass is 16.5. The molecular formula is C17H19NO5. The van der Waals surface area contributed by atoms with Gasteiger partial charge in [0.2, 0.25) is 5.43 Å². The Labute approximate surface area is 133 Å². The minimum atomic E-state index is -0.626. The van der Waals surface area contributed by atoms with E-state index < -0.39 is 5.97 Å². The number of carbonyl (C=O) groups excluding carboxylic acids is 1. The van der Waals surface area contributed by atoms with Crippen molar-refractivity contribution in [2.24, 2.45) is 0 Å². The molecule has 1 fully saturated rings. The number of ether oxygens (including phenoxy) is 3. The molecular weight excluding hydrogens is 298 g/mol. The van der Waals surface area contributed by atoms with Gasteiger partial charge in [0.05, 0.1) is 31.7 Å². The fraction of sp³-hybridized carbons (Fsp3) is 0.412. The van der Waals surface area contributed by atoms with Gasteiger partial charge in [0.15, 0.2) is 11.5 Å². The van der Waals surface area contributed by atoms with E-state index in [-0.39, 0.29) is 17.6 Å². The predicted octanol–water partition coefficient (Wildman–Crippen LogP) is 2.60. The third kappa shape index (κ3) is 2.54. The summed E-state index contributed by atoms with van der Waals surface area (Å²) in [5.74, 6) is 0.869. The monoisotopic (exact) mass is 317 g/mol. The smallest absolute Gasteiger partial charge is 0.343 e. The van der Waals surface area contributed by atoms with Crippen LogP contribution in [0.15, 0.2) is 17.1 Å². The highest BCUT2D eigenvalue weighted by molar-refractivity contribution is 5.96. The van der Waals surface area contributed by atoms with Crippen molar-refractivity contribution in [2.75, 3.05) is 20.8 Å². The van der Waals surface area contributed by atoms with Crippen LogP contribution in [0.5, 0.6) is 11.5 Å². The second-order valence-corrected chi connectivity index (χ2v) is 5.48. The molecule has 0 atom stereocenters. The molecule has 0 unspecified atom stereocenters. The van der Waals surface area contributed by atoms with Crippen LogP contribution in [-0.2, 0) is 4.74 Å². The lowest BCUT2D eigenvalue weighted by Crippen LogP contribution is -2.18. The molecule has 1 aromatic carbocycles. The Bertz CT molecular complexity index is 820. The predicted molar refractivity (Wildman–Crippen MR) is 85.6 cm³/mol. The number of esters is 1. The van der Waals surface area contributed by atoms with E-state index in [1.807, 2.05) is 0 Å². The van der Waals surface area contributed by atoms with Crippen LogP contribution in [0, 0.1) is 0 Å². The fourth-order valence-corrected chi connectivity index (χ4v) is 2.80. The maximum Gasteiger partial charge on any atom is 0.343 e. The standard InChI is InChI=1S/C17H19NO5/c1-4-23-17(20)12-8-18-13-11(14(12)19)7-10(9-5-6-9)15(21-2)16(13)22-3/h7-9H,4-6H2,1-3H3,(H,18,19). The summed E-state index contributed by atoms with van der Waals surface area (Å²) < 4.78 is 15.9. The summed E-state index contributed by atoms with van der Waals surface area (Å²) in [7, 11) is 3.12. The van der Waals surface area contributed by atoms with Gasteiger partial charge in [-0.05, 0) is 31.7 Å². The van der Waals surface area contributed by atoms with Crippen molar-refractivity contribution in [1.29, 1.82) is 0 Å². The lowest BCUT2D eigenvalue weighted by atomic mass is 10.0. The highest BCUT2D eigenvalue weighted by Gasteiger charge is 2.30. The van der Waals surface area contributed by atoms with E-state index in [4.69, 9.17) is 14.2 Å². The zero-order chi connectivity index (χ0) is 16.6. The van der Waals surface area contributed by atoms with Gasteiger partial charge >= 0.3 is 5.97 Å². The molecule has 0 amide bonds. The maximum absolute atomic E-state index is 12.7. The largest absolute Gasteiger partial charge is 0.492 e. The van der Waals surface area contributed by atoms with Gasteiger partial charge < -0.3 is 19.2 Å². The van der Waals surface area contributed by atoms with Crippen molar-refractivity contribution in [2.45, 2.75) is 25.7 Å². The molecule has 23 heavy (non-hydrogen) atoms. The molecule has 0 saturated heterocycles. The zero-order valence-corrected chi connectivity index (χ0v) is 13.4. The summed E-state index contributed by atoms with van der Waals surface area (Å²) in [5.41, 5.74) is 1.10. The SMILES string of the molecule is CCOC(=O)c1c[nH]c2c(OC)c(OC)c(C3CC3)cc2c1=O. The first-order chi connectivity index (χ1) is 11.1. The van der Waals surface area contributed by atoms with Crippen molar-refractivity contribution in [1.82, 2.24) is 4.98 Å². The van der Waals surface area contributed by atoms with Crippen molar-refractivity contribution in [3.8, 4) is 11.5 Å². The Morgan fingerprint density at radius 1 is 1.26 bits per heavy atom. The van der Waals surface area contributed by atoms with Gasteiger partial charge in [-0.15, -0.1) is 0 Å². The van der Waals surface area contributed by atoms with Gasteiger partial charge in [0, 0.05) is 11.8 Å². The van der Waals surface area contributed by atoms with E-state index in [9.17, 15) is 9.59 Å². The number of pyridine rings is 1. The van der Waals surface area contributed by atoms with Crippen LogP contribution in [0.1, 0.15) is 41.6 Å². The van der Waals surface area contributed by atoms with E-state index in [2.05, 4.69) is 4.98 Å². The molecule has 0 aliphatic heterocycles. The molecule has 1 aromatic heterocycles. The molecule has 122 valence electrons. The maximum atomic E-state index is 12.7. The number of H-pyrrole nitrogens is 1. The van der Waals surface area contributed by atoms with E-state index in [0.717, 1.165) is 18.4 Å². The Hall–Kier alpha value is -2.50. The van der Waals surface area contributed by atoms with E-state index in [0.29, 0.717) is 28.3 Å². The van der Waals surface area contributed by atoms with Crippen molar-refractivity contribution in [3.63, 3.8) is 0 Å². The molecule has 1 aliphatic carbocycles. The molecule has 0 radical (unpaired) electrons. The van der Waals surface area contributed by atoms with Gasteiger partial charge in [0.25, 0.3) is 0 Å². The first-order valence-electron chi connectivity index (χ1n) is 7.59. The molecule has 6 heteroatoms. The van der Waals surface area contributed by atoms with Crippen molar-refractivity contribution >= 4 is 16.9 Å². The van der Waals surface area contributed by atoms with Gasteiger partial charge in [-0.1, -0.05) is 0 Å². The zero-order valence-electron chi connectivity index (χ0n) is 13.4. The summed E-state index contributed by atoms with van der Waals surface area (Å²) >= 11 is 0. The average Bonchev–Trinajstić information content (AvgIpc) is 3.38. The minimum absolute atomic E-state index is 0.00619. The van der Waals surface area contributed by atoms with Gasteiger partial charge in [-0.2, -0.15) is 0 Å². The van der Waals surface area contributed by atoms with Crippen LogP contribution >= 0.6 is 0 Å². The number of rotatable bonds is 5. The number of hydrogen-bond donors (Lipinski definition) is 1. The summed E-state index contributed by atoms with van der Waals surface area (Å²) in [6.07, 6.45) is 3.47. The van der Waals surface area contributed by atoms with Gasteiger partial charge in [-0.3, -0.25) is 4.79 Å². The first-order valence-corrected chi connectivity index (χ1v) is 7.59. The van der Waals surface area contributed by atoms with Crippen LogP contribution in [0.25, 0.3) is 10.9 Å². The highest BCUT2D eigenvalue weighted by Crippen LogP contribution is 2.49. The number of methoxy groups -OCH3 is 2. The second kappa shape index (κ2) is 5.95. The summed E-state index contributed by atoms with van der Waals surface area (Å²) in [6, 6.07) is 1.80. The van der Waals surface area contributed by atoms with Gasteiger partial charge in [0.1, 0.15) is 5.56 Å². The van der Waals surface area contributed by atoms with Crippen molar-refractivity contribution in [3.05, 3.63) is 33.6 Å². The minimum Gasteiger partial charge on any atom is -0.492 e. The molecule has 6 nitrogen and oxygen atoms in total. The van der Waals surface area contributed by atoms with E-state index in [1.54, 1.807) is 20.1 Å². The molecule has 1 aliphatic rings. The third-order valence-corrected chi connectivity index (χ3v) is 4.04. The van der Waals surface area contributed by atoms with Crippen LogP contribution in [-0.4, -0.2) is 31.8 Å². The molecule has 1 saturated carbocycles. The normalized spacial score (nSPS) is 13.9. The number of benzene rings is 1. The topological polar surface area (TPSA) is 77.6 Å². The lowest BCUT2D eigenvalue weighted by Gasteiger charge is -2.15. The molecule has 0 bridgehead atoms. The Morgan fingerprint density at radius 3 is 2.52 bits per heavy atom. The fourth-order valence-electron chi connectivity index (χ4n) is 2.80. The number of aromatic nitrogens is 1. The lowest BCUT2D eigenvalue weighted by molar-refractivity contribution is 0.0524. The number of hydrogen-bond acceptors (Lipinski definition) is 5. The van der Waals surface area contributed by atoms with E-state index >= 15 is 0 Å². The molecule has 2 aromatic rings. The van der Waals surface area contributed by atoms with Crippen molar-refractivity contribution < 1.29 is 19.0 Å². The van der Waals surface area contributed by atoms with Crippen LogP contribution < -0.4 is 14.9 Å². The molecule has 1 N–H and O–H groups in total. The van der Waals surface area contributed by atoms with Crippen LogP contribution in [0.2, 0.25) is 0 Å².